The predicted molar refractivity (Wildman–Crippen MR) is 63.2 cm³/mol. The maximum Gasteiger partial charge on any atom is 0.0359 e. The average molecular weight is 193 g/mol. The fraction of sp³-hybridized carbons (Fsp3) is 0.692. The molecule has 0 radical (unpaired) electrons. The number of rotatable bonds is 2. The van der Waals surface area contributed by atoms with Crippen LogP contribution in [-0.2, 0) is 0 Å². The van der Waals surface area contributed by atoms with Gasteiger partial charge in [-0.25, -0.2) is 0 Å². The third kappa shape index (κ3) is 3.57. The third-order valence-corrected chi connectivity index (χ3v) is 2.62. The van der Waals surface area contributed by atoms with Crippen molar-refractivity contribution in [2.45, 2.75) is 40.5 Å². The SMILES string of the molecule is C=C(CC(C)(C)C)N1CC=C(C)CC1. The van der Waals surface area contributed by atoms with E-state index in [-0.39, 0.29) is 0 Å². The third-order valence-electron chi connectivity index (χ3n) is 2.62. The van der Waals surface area contributed by atoms with Crippen molar-refractivity contribution in [3.63, 3.8) is 0 Å². The summed E-state index contributed by atoms with van der Waals surface area (Å²) < 4.78 is 0. The van der Waals surface area contributed by atoms with E-state index in [0.717, 1.165) is 19.5 Å². The second kappa shape index (κ2) is 4.20. The first-order valence-corrected chi connectivity index (χ1v) is 5.47. The Hall–Kier alpha value is -0.720. The molecule has 1 aliphatic rings. The van der Waals surface area contributed by atoms with E-state index in [1.54, 1.807) is 0 Å². The summed E-state index contributed by atoms with van der Waals surface area (Å²) in [6.45, 7) is 15.4. The van der Waals surface area contributed by atoms with Gasteiger partial charge in [0.05, 0.1) is 0 Å². The van der Waals surface area contributed by atoms with Crippen molar-refractivity contribution < 1.29 is 0 Å². The normalized spacial score (nSPS) is 18.0. The molecule has 0 N–H and O–H groups in total. The lowest BCUT2D eigenvalue weighted by molar-refractivity contribution is 0.303. The lowest BCUT2D eigenvalue weighted by Gasteiger charge is -2.32. The molecule has 0 fully saturated rings. The Balaban J connectivity index is 2.47. The summed E-state index contributed by atoms with van der Waals surface area (Å²) in [6.07, 6.45) is 4.61. The number of allylic oxidation sites excluding steroid dienone is 1. The molecule has 0 aromatic carbocycles. The molecule has 0 saturated heterocycles. The van der Waals surface area contributed by atoms with Crippen LogP contribution >= 0.6 is 0 Å². The molecule has 0 atom stereocenters. The van der Waals surface area contributed by atoms with Crippen molar-refractivity contribution in [1.29, 1.82) is 0 Å². The van der Waals surface area contributed by atoms with Crippen LogP contribution in [0, 0.1) is 5.41 Å². The molecule has 80 valence electrons. The second-order valence-electron chi connectivity index (χ2n) is 5.55. The zero-order valence-electron chi connectivity index (χ0n) is 10.1. The van der Waals surface area contributed by atoms with Crippen LogP contribution in [0.5, 0.6) is 0 Å². The lowest BCUT2D eigenvalue weighted by Crippen LogP contribution is -2.29. The van der Waals surface area contributed by atoms with Gasteiger partial charge in [-0.05, 0) is 25.2 Å². The van der Waals surface area contributed by atoms with E-state index in [4.69, 9.17) is 0 Å². The minimum atomic E-state index is 0.354. The zero-order chi connectivity index (χ0) is 10.8. The van der Waals surface area contributed by atoms with Gasteiger partial charge in [0.25, 0.3) is 0 Å². The summed E-state index contributed by atoms with van der Waals surface area (Å²) in [4.78, 5) is 2.40. The summed E-state index contributed by atoms with van der Waals surface area (Å²) in [5.41, 5.74) is 3.17. The molecule has 0 unspecified atom stereocenters. The smallest absolute Gasteiger partial charge is 0.0359 e. The molecular weight excluding hydrogens is 170 g/mol. The number of hydrogen-bond acceptors (Lipinski definition) is 1. The van der Waals surface area contributed by atoms with Gasteiger partial charge >= 0.3 is 0 Å². The standard InChI is InChI=1S/C13H23N/c1-11-6-8-14(9-7-11)12(2)10-13(3,4)5/h6H,2,7-10H2,1,3-5H3. The van der Waals surface area contributed by atoms with E-state index < -0.39 is 0 Å². The lowest BCUT2D eigenvalue weighted by atomic mass is 9.90. The van der Waals surface area contributed by atoms with Crippen LogP contribution in [0.4, 0.5) is 0 Å². The van der Waals surface area contributed by atoms with Crippen LogP contribution in [0.25, 0.3) is 0 Å². The highest BCUT2D eigenvalue weighted by Gasteiger charge is 2.17. The maximum absolute atomic E-state index is 4.19. The first-order chi connectivity index (χ1) is 6.38. The zero-order valence-corrected chi connectivity index (χ0v) is 10.1. The van der Waals surface area contributed by atoms with Crippen LogP contribution in [0.2, 0.25) is 0 Å². The highest BCUT2D eigenvalue weighted by atomic mass is 15.1. The number of hydrogen-bond donors (Lipinski definition) is 0. The van der Waals surface area contributed by atoms with Crippen molar-refractivity contribution in [2.24, 2.45) is 5.41 Å². The fourth-order valence-electron chi connectivity index (χ4n) is 1.78. The molecule has 0 aromatic rings. The Kier molecular flexibility index (Phi) is 3.41. The summed E-state index contributed by atoms with van der Waals surface area (Å²) in [7, 11) is 0. The average Bonchev–Trinajstić information content (AvgIpc) is 2.02. The first kappa shape index (κ1) is 11.4. The Morgan fingerprint density at radius 2 is 2.14 bits per heavy atom. The highest BCUT2D eigenvalue weighted by molar-refractivity contribution is 5.09. The fourth-order valence-corrected chi connectivity index (χ4v) is 1.78. The minimum Gasteiger partial charge on any atom is -0.371 e. The maximum atomic E-state index is 4.19. The molecule has 0 bridgehead atoms. The van der Waals surface area contributed by atoms with Crippen LogP contribution < -0.4 is 0 Å². The van der Waals surface area contributed by atoms with E-state index in [2.05, 4.69) is 45.2 Å². The van der Waals surface area contributed by atoms with E-state index in [1.807, 2.05) is 0 Å². The monoisotopic (exact) mass is 193 g/mol. The second-order valence-corrected chi connectivity index (χ2v) is 5.55. The Morgan fingerprint density at radius 3 is 2.57 bits per heavy atom. The predicted octanol–water partition coefficient (Wildman–Crippen LogP) is 3.59. The van der Waals surface area contributed by atoms with Crippen molar-refractivity contribution >= 4 is 0 Å². The molecule has 14 heavy (non-hydrogen) atoms. The van der Waals surface area contributed by atoms with Gasteiger partial charge in [0.2, 0.25) is 0 Å². The topological polar surface area (TPSA) is 3.24 Å². The van der Waals surface area contributed by atoms with E-state index in [0.29, 0.717) is 5.41 Å². The Labute approximate surface area is 88.5 Å². The van der Waals surface area contributed by atoms with Gasteiger partial charge < -0.3 is 4.90 Å². The van der Waals surface area contributed by atoms with Crippen LogP contribution in [-0.4, -0.2) is 18.0 Å². The molecule has 1 aliphatic heterocycles. The summed E-state index contributed by atoms with van der Waals surface area (Å²) >= 11 is 0. The summed E-state index contributed by atoms with van der Waals surface area (Å²) in [5, 5.41) is 0. The Bertz CT molecular complexity index is 242. The highest BCUT2D eigenvalue weighted by Crippen LogP contribution is 2.26. The molecule has 1 heterocycles. The van der Waals surface area contributed by atoms with Crippen LogP contribution in [0.1, 0.15) is 40.5 Å². The van der Waals surface area contributed by atoms with Gasteiger partial charge in [-0.15, -0.1) is 0 Å². The molecule has 0 aliphatic carbocycles. The van der Waals surface area contributed by atoms with Crippen LogP contribution in [0.15, 0.2) is 23.9 Å². The molecule has 1 rings (SSSR count). The molecule has 1 nitrogen and oxygen atoms in total. The van der Waals surface area contributed by atoms with Gasteiger partial charge in [-0.3, -0.25) is 0 Å². The van der Waals surface area contributed by atoms with E-state index in [9.17, 15) is 0 Å². The van der Waals surface area contributed by atoms with E-state index >= 15 is 0 Å². The van der Waals surface area contributed by atoms with Gasteiger partial charge in [0.1, 0.15) is 0 Å². The molecule has 1 heteroatoms. The molecular formula is C13H23N. The van der Waals surface area contributed by atoms with Crippen molar-refractivity contribution in [3.05, 3.63) is 23.9 Å². The summed E-state index contributed by atoms with van der Waals surface area (Å²) in [6, 6.07) is 0. The largest absolute Gasteiger partial charge is 0.371 e. The minimum absolute atomic E-state index is 0.354. The van der Waals surface area contributed by atoms with Crippen molar-refractivity contribution in [2.75, 3.05) is 13.1 Å². The van der Waals surface area contributed by atoms with Gasteiger partial charge in [-0.2, -0.15) is 0 Å². The summed E-state index contributed by atoms with van der Waals surface area (Å²) in [5.74, 6) is 0. The number of nitrogens with zero attached hydrogens (tertiary/aromatic N) is 1. The molecule has 0 saturated carbocycles. The van der Waals surface area contributed by atoms with Crippen LogP contribution in [0.3, 0.4) is 0 Å². The molecule has 0 aromatic heterocycles. The first-order valence-electron chi connectivity index (χ1n) is 5.47. The van der Waals surface area contributed by atoms with Gasteiger partial charge in [0.15, 0.2) is 0 Å². The van der Waals surface area contributed by atoms with Gasteiger partial charge in [0, 0.05) is 18.8 Å². The Morgan fingerprint density at radius 1 is 1.50 bits per heavy atom. The van der Waals surface area contributed by atoms with E-state index in [1.165, 1.54) is 17.7 Å². The molecule has 0 amide bonds. The van der Waals surface area contributed by atoms with Gasteiger partial charge in [-0.1, -0.05) is 39.0 Å². The molecule has 0 spiro atoms. The quantitative estimate of drug-likeness (QED) is 0.606. The van der Waals surface area contributed by atoms with Crippen molar-refractivity contribution in [1.82, 2.24) is 4.90 Å². The van der Waals surface area contributed by atoms with Crippen molar-refractivity contribution in [3.8, 4) is 0 Å².